The van der Waals surface area contributed by atoms with Crippen molar-refractivity contribution in [3.63, 3.8) is 0 Å². The van der Waals surface area contributed by atoms with Crippen molar-refractivity contribution < 1.29 is 14.5 Å². The number of ether oxygens (including phenoxy) is 1. The highest BCUT2D eigenvalue weighted by Gasteiger charge is 2.21. The molecule has 0 radical (unpaired) electrons. The summed E-state index contributed by atoms with van der Waals surface area (Å²) in [4.78, 5) is 23.3. The van der Waals surface area contributed by atoms with Gasteiger partial charge in [0.15, 0.2) is 0 Å². The maximum Gasteiger partial charge on any atom is 0.272 e. The van der Waals surface area contributed by atoms with Gasteiger partial charge in [-0.15, -0.1) is 0 Å². The molecule has 0 aliphatic rings. The second-order valence-corrected chi connectivity index (χ2v) is 6.61. The van der Waals surface area contributed by atoms with Crippen LogP contribution in [0.2, 0.25) is 5.02 Å². The highest BCUT2D eigenvalue weighted by Crippen LogP contribution is 2.31. The van der Waals surface area contributed by atoms with Crippen LogP contribution in [0.25, 0.3) is 10.9 Å². The molecular weight excluding hydrogens is 382 g/mol. The molecule has 3 rings (SSSR count). The summed E-state index contributed by atoms with van der Waals surface area (Å²) in [6.45, 7) is 6.93. The van der Waals surface area contributed by atoms with Gasteiger partial charge in [-0.05, 0) is 50.6 Å². The standard InChI is InChI=1S/C20H20ClN3O4/c1-4-23-18-9-7-14(28-5-2)11-15(18)12(3)19(23)20(25)22-17-8-6-13(24(26)27)10-16(17)21/h6-11H,4-5H2,1-3H3,(H,22,25). The van der Waals surface area contributed by atoms with Gasteiger partial charge in [0.1, 0.15) is 11.4 Å². The number of rotatable bonds is 6. The van der Waals surface area contributed by atoms with Gasteiger partial charge >= 0.3 is 0 Å². The predicted molar refractivity (Wildman–Crippen MR) is 110 cm³/mol. The van der Waals surface area contributed by atoms with Crippen LogP contribution in [-0.4, -0.2) is 22.0 Å². The van der Waals surface area contributed by atoms with Gasteiger partial charge in [-0.2, -0.15) is 0 Å². The number of halogens is 1. The van der Waals surface area contributed by atoms with Crippen LogP contribution >= 0.6 is 11.6 Å². The fourth-order valence-corrected chi connectivity index (χ4v) is 3.50. The van der Waals surface area contributed by atoms with E-state index in [2.05, 4.69) is 5.32 Å². The van der Waals surface area contributed by atoms with Gasteiger partial charge in [0.25, 0.3) is 11.6 Å². The van der Waals surface area contributed by atoms with E-state index < -0.39 is 4.92 Å². The topological polar surface area (TPSA) is 86.4 Å². The first-order valence-corrected chi connectivity index (χ1v) is 9.26. The monoisotopic (exact) mass is 401 g/mol. The van der Waals surface area contributed by atoms with Gasteiger partial charge in [0.05, 0.1) is 22.2 Å². The van der Waals surface area contributed by atoms with Crippen molar-refractivity contribution in [2.75, 3.05) is 11.9 Å². The van der Waals surface area contributed by atoms with Gasteiger partial charge < -0.3 is 14.6 Å². The molecule has 0 unspecified atom stereocenters. The molecule has 2 aromatic carbocycles. The molecule has 1 aromatic heterocycles. The van der Waals surface area contributed by atoms with Crippen LogP contribution in [0.3, 0.4) is 0 Å². The molecule has 0 bridgehead atoms. The Bertz CT molecular complexity index is 1070. The number of carbonyl (C=O) groups excluding carboxylic acids is 1. The molecule has 0 spiro atoms. The zero-order valence-electron chi connectivity index (χ0n) is 15.8. The van der Waals surface area contributed by atoms with Gasteiger partial charge in [0.2, 0.25) is 0 Å². The van der Waals surface area contributed by atoms with E-state index in [0.717, 1.165) is 22.2 Å². The molecule has 28 heavy (non-hydrogen) atoms. The van der Waals surface area contributed by atoms with Crippen molar-refractivity contribution in [2.45, 2.75) is 27.3 Å². The van der Waals surface area contributed by atoms with E-state index in [1.165, 1.54) is 18.2 Å². The lowest BCUT2D eigenvalue weighted by atomic mass is 10.1. The smallest absolute Gasteiger partial charge is 0.272 e. The second-order valence-electron chi connectivity index (χ2n) is 6.21. The van der Waals surface area contributed by atoms with E-state index in [1.807, 2.05) is 43.5 Å². The van der Waals surface area contributed by atoms with Gasteiger partial charge in [-0.3, -0.25) is 14.9 Å². The number of amides is 1. The lowest BCUT2D eigenvalue weighted by molar-refractivity contribution is -0.384. The minimum Gasteiger partial charge on any atom is -0.494 e. The Morgan fingerprint density at radius 1 is 1.25 bits per heavy atom. The van der Waals surface area contributed by atoms with E-state index in [9.17, 15) is 14.9 Å². The van der Waals surface area contributed by atoms with Crippen LogP contribution in [0.15, 0.2) is 36.4 Å². The molecule has 0 aliphatic heterocycles. The van der Waals surface area contributed by atoms with Gasteiger partial charge in [0, 0.05) is 29.6 Å². The molecule has 1 N–H and O–H groups in total. The van der Waals surface area contributed by atoms with Crippen molar-refractivity contribution in [1.29, 1.82) is 0 Å². The summed E-state index contributed by atoms with van der Waals surface area (Å²) in [5.74, 6) is 0.418. The highest BCUT2D eigenvalue weighted by atomic mass is 35.5. The molecular formula is C20H20ClN3O4. The minimum atomic E-state index is -0.535. The van der Waals surface area contributed by atoms with Crippen LogP contribution < -0.4 is 10.1 Å². The maximum atomic E-state index is 13.0. The molecule has 0 atom stereocenters. The first kappa shape index (κ1) is 19.7. The average molecular weight is 402 g/mol. The van der Waals surface area contributed by atoms with Crippen molar-refractivity contribution in [1.82, 2.24) is 4.57 Å². The van der Waals surface area contributed by atoms with Crippen molar-refractivity contribution >= 4 is 39.8 Å². The maximum absolute atomic E-state index is 13.0. The number of aryl methyl sites for hydroxylation is 2. The van der Waals surface area contributed by atoms with Crippen LogP contribution in [-0.2, 0) is 6.54 Å². The van der Waals surface area contributed by atoms with Crippen molar-refractivity contribution in [3.05, 3.63) is 62.8 Å². The Morgan fingerprint density at radius 3 is 2.61 bits per heavy atom. The number of nitrogens with zero attached hydrogens (tertiary/aromatic N) is 2. The molecule has 0 saturated heterocycles. The van der Waals surface area contributed by atoms with E-state index in [4.69, 9.17) is 16.3 Å². The first-order valence-electron chi connectivity index (χ1n) is 8.88. The summed E-state index contributed by atoms with van der Waals surface area (Å²) in [5, 5.41) is 14.7. The minimum absolute atomic E-state index is 0.109. The van der Waals surface area contributed by atoms with E-state index in [1.54, 1.807) is 0 Å². The fourth-order valence-electron chi connectivity index (χ4n) is 3.28. The third-order valence-electron chi connectivity index (χ3n) is 4.54. The summed E-state index contributed by atoms with van der Waals surface area (Å²) in [5.41, 5.74) is 2.46. The molecule has 146 valence electrons. The second kappa shape index (κ2) is 7.90. The zero-order valence-corrected chi connectivity index (χ0v) is 16.5. The van der Waals surface area contributed by atoms with E-state index in [0.29, 0.717) is 24.5 Å². The van der Waals surface area contributed by atoms with Crippen LogP contribution in [0, 0.1) is 17.0 Å². The Balaban J connectivity index is 2.01. The summed E-state index contributed by atoms with van der Waals surface area (Å²) in [6, 6.07) is 9.69. The highest BCUT2D eigenvalue weighted by molar-refractivity contribution is 6.34. The quantitative estimate of drug-likeness (QED) is 0.455. The number of nitro benzene ring substituents is 1. The molecule has 0 saturated carbocycles. The molecule has 1 heterocycles. The lowest BCUT2D eigenvalue weighted by Crippen LogP contribution is -2.18. The van der Waals surface area contributed by atoms with Crippen molar-refractivity contribution in [2.24, 2.45) is 0 Å². The fraction of sp³-hybridized carbons (Fsp3) is 0.250. The molecule has 8 heteroatoms. The number of non-ortho nitro benzene ring substituents is 1. The number of fused-ring (bicyclic) bond motifs is 1. The van der Waals surface area contributed by atoms with E-state index in [-0.39, 0.29) is 16.6 Å². The number of nitrogens with one attached hydrogen (secondary N) is 1. The van der Waals surface area contributed by atoms with Gasteiger partial charge in [-0.25, -0.2) is 0 Å². The molecule has 3 aromatic rings. The number of benzene rings is 2. The number of aromatic nitrogens is 1. The number of hydrogen-bond acceptors (Lipinski definition) is 4. The van der Waals surface area contributed by atoms with Crippen molar-refractivity contribution in [3.8, 4) is 5.75 Å². The number of carbonyl (C=O) groups is 1. The van der Waals surface area contributed by atoms with Crippen LogP contribution in [0.1, 0.15) is 29.9 Å². The molecule has 1 amide bonds. The first-order chi connectivity index (χ1) is 13.4. The Kier molecular flexibility index (Phi) is 5.56. The molecule has 0 aliphatic carbocycles. The third kappa shape index (κ3) is 3.53. The van der Waals surface area contributed by atoms with Gasteiger partial charge in [-0.1, -0.05) is 11.6 Å². The lowest BCUT2D eigenvalue weighted by Gasteiger charge is -2.11. The number of nitro groups is 1. The Morgan fingerprint density at radius 2 is 2.00 bits per heavy atom. The average Bonchev–Trinajstić information content (AvgIpc) is 2.95. The summed E-state index contributed by atoms with van der Waals surface area (Å²) in [6.07, 6.45) is 0. The number of anilines is 1. The predicted octanol–water partition coefficient (Wildman–Crippen LogP) is 5.18. The summed E-state index contributed by atoms with van der Waals surface area (Å²) in [7, 11) is 0. The Labute approximate surface area is 167 Å². The normalized spacial score (nSPS) is 10.9. The molecule has 0 fully saturated rings. The van der Waals surface area contributed by atoms with E-state index >= 15 is 0 Å². The largest absolute Gasteiger partial charge is 0.494 e. The zero-order chi connectivity index (χ0) is 20.4. The summed E-state index contributed by atoms with van der Waals surface area (Å²) >= 11 is 6.11. The van der Waals surface area contributed by atoms with Crippen LogP contribution in [0.4, 0.5) is 11.4 Å². The Hall–Kier alpha value is -3.06. The van der Waals surface area contributed by atoms with Crippen LogP contribution in [0.5, 0.6) is 5.75 Å². The summed E-state index contributed by atoms with van der Waals surface area (Å²) < 4.78 is 7.50. The SMILES string of the molecule is CCOc1ccc2c(c1)c(C)c(C(=O)Nc1ccc([N+](=O)[O-])cc1Cl)n2CC. The molecule has 7 nitrogen and oxygen atoms in total. The number of hydrogen-bond donors (Lipinski definition) is 1. The third-order valence-corrected chi connectivity index (χ3v) is 4.85.